The van der Waals surface area contributed by atoms with E-state index in [0.29, 0.717) is 24.7 Å². The molecular weight excluding hydrogens is 2030 g/mol. The molecule has 0 fully saturated rings. The third kappa shape index (κ3) is 36.6. The maximum absolute atomic E-state index is 11.2. The smallest absolute Gasteiger partial charge is 0.159 e. The zero-order valence-corrected chi connectivity index (χ0v) is 72.8. The summed E-state index contributed by atoms with van der Waals surface area (Å²) in [6.07, 6.45) is 13.4. The van der Waals surface area contributed by atoms with E-state index in [9.17, 15) is 19.5 Å². The Kier molecular flexibility index (Phi) is 45.7. The number of benzene rings is 7. The molecule has 14 heteroatoms. The van der Waals surface area contributed by atoms with Gasteiger partial charge in [0.15, 0.2) is 17.3 Å². The van der Waals surface area contributed by atoms with Gasteiger partial charge in [-0.05, 0) is 152 Å². The Morgan fingerprint density at radius 1 is 0.415 bits per heavy atom. The van der Waals surface area contributed by atoms with Gasteiger partial charge in [0.1, 0.15) is 0 Å². The first-order valence-electron chi connectivity index (χ1n) is 34.3. The van der Waals surface area contributed by atoms with Gasteiger partial charge < -0.3 is 35.3 Å². The molecule has 0 aliphatic heterocycles. The topological polar surface area (TPSA) is 163 Å². The number of carbonyl (C=O) groups excluding carboxylic acids is 3. The molecule has 106 heavy (non-hydrogen) atoms. The molecule has 11 rings (SSSR count). The van der Waals surface area contributed by atoms with Gasteiger partial charge in [0.2, 0.25) is 0 Å². The monoisotopic (exact) mass is 2130 g/mol. The fraction of sp³-hybridized carbons (Fsp3) is 0.228. The van der Waals surface area contributed by atoms with Crippen molar-refractivity contribution in [2.75, 3.05) is 0 Å². The summed E-state index contributed by atoms with van der Waals surface area (Å²) in [6, 6.07) is 84.9. The Balaban J connectivity index is 0.000000632. The first kappa shape index (κ1) is 95.4. The van der Waals surface area contributed by atoms with E-state index in [1.807, 2.05) is 162 Å². The van der Waals surface area contributed by atoms with Gasteiger partial charge in [-0.1, -0.05) is 169 Å². The molecule has 0 spiro atoms. The minimum absolute atomic E-state index is 0. The van der Waals surface area contributed by atoms with Gasteiger partial charge in [0.05, 0.1) is 17.3 Å². The van der Waals surface area contributed by atoms with Gasteiger partial charge in [-0.15, -0.1) is 144 Å². The van der Waals surface area contributed by atoms with Crippen LogP contribution in [0.3, 0.4) is 0 Å². The van der Waals surface area contributed by atoms with Crippen molar-refractivity contribution in [2.24, 2.45) is 11.8 Å². The zero-order valence-electron chi connectivity index (χ0n) is 63.2. The van der Waals surface area contributed by atoms with Crippen LogP contribution in [0.25, 0.3) is 78.4 Å². The Bertz CT molecular complexity index is 4410. The second kappa shape index (κ2) is 50.8. The summed E-state index contributed by atoms with van der Waals surface area (Å²) in [5.74, 6) is 0.854. The molecule has 4 heterocycles. The molecular formula is C92H98Ir4N4O6-4. The summed E-state index contributed by atoms with van der Waals surface area (Å²) in [7, 11) is 0. The molecule has 0 bridgehead atoms. The average Bonchev–Trinajstić information content (AvgIpc) is 0.830. The number of hydrogen-bond donors (Lipinski definition) is 3. The minimum atomic E-state index is -0.125. The number of carbonyl (C=O) groups is 3. The molecule has 10 nitrogen and oxygen atoms in total. The van der Waals surface area contributed by atoms with Gasteiger partial charge in [0, 0.05) is 142 Å². The van der Waals surface area contributed by atoms with Gasteiger partial charge >= 0.3 is 0 Å². The number of aromatic nitrogens is 4. The Hall–Kier alpha value is -8.63. The van der Waals surface area contributed by atoms with Crippen molar-refractivity contribution in [3.05, 3.63) is 325 Å². The SMILES string of the molecule is CC(=O)C=C(C)O.CC(=O)C=C(C)O.CC(C)(C)c1ccnc(-c2[c-]cccc2)c1.CC(C)CC(=O)C=C(O)CC(C)C.CCc1cc(-c2[c-]cccc2)ncc1-c1ccccc1.Cc1cc(C)cc(-c2ccnc(-c3[c-]cccc3)c2)c1.Cc1ccc(-c2ccnc(-c3[c-]cccc3)c2)cc1.[Ir].[Ir].[Ir].[Ir]. The summed E-state index contributed by atoms with van der Waals surface area (Å²) in [5, 5.41) is 26.1. The number of aryl methyl sites for hydroxylation is 4. The first-order chi connectivity index (χ1) is 48.7. The van der Waals surface area contributed by atoms with Crippen LogP contribution >= 0.6 is 0 Å². The molecule has 4 aromatic heterocycles. The number of hydrogen-bond acceptors (Lipinski definition) is 10. The van der Waals surface area contributed by atoms with Gasteiger partial charge in [-0.2, -0.15) is 0 Å². The van der Waals surface area contributed by atoms with E-state index in [1.165, 1.54) is 107 Å². The second-order valence-electron chi connectivity index (χ2n) is 26.4. The van der Waals surface area contributed by atoms with Crippen LogP contribution in [0.2, 0.25) is 0 Å². The normalized spacial score (nSPS) is 10.6. The van der Waals surface area contributed by atoms with Crippen LogP contribution in [-0.2, 0) is 107 Å². The Morgan fingerprint density at radius 2 is 0.811 bits per heavy atom. The molecule has 0 unspecified atom stereocenters. The third-order valence-electron chi connectivity index (χ3n) is 14.9. The molecule has 4 radical (unpaired) electrons. The maximum atomic E-state index is 11.2. The van der Waals surface area contributed by atoms with Crippen molar-refractivity contribution >= 4 is 17.3 Å². The number of aliphatic hydroxyl groups excluding tert-OH is 3. The predicted molar refractivity (Wildman–Crippen MR) is 421 cm³/mol. The molecule has 562 valence electrons. The number of rotatable bonds is 15. The molecule has 7 aromatic carbocycles. The van der Waals surface area contributed by atoms with Crippen LogP contribution in [0.4, 0.5) is 0 Å². The van der Waals surface area contributed by atoms with E-state index < -0.39 is 0 Å². The number of aliphatic hydroxyl groups is 3. The molecule has 0 aliphatic rings. The summed E-state index contributed by atoms with van der Waals surface area (Å²) in [6.45, 7) is 28.9. The van der Waals surface area contributed by atoms with E-state index in [-0.39, 0.29) is 120 Å². The molecule has 0 atom stereocenters. The van der Waals surface area contributed by atoms with Gasteiger partial charge in [-0.3, -0.25) is 14.4 Å². The molecule has 0 amide bonds. The molecule has 11 aromatic rings. The number of allylic oxidation sites excluding steroid dienone is 6. The van der Waals surface area contributed by atoms with E-state index >= 15 is 0 Å². The van der Waals surface area contributed by atoms with Crippen molar-refractivity contribution in [2.45, 2.75) is 129 Å². The first-order valence-corrected chi connectivity index (χ1v) is 34.3. The zero-order chi connectivity index (χ0) is 74.6. The van der Waals surface area contributed by atoms with Crippen LogP contribution in [0, 0.1) is 56.9 Å². The van der Waals surface area contributed by atoms with Crippen LogP contribution in [0.15, 0.2) is 273 Å². The molecule has 3 N–H and O–H groups in total. The third-order valence-corrected chi connectivity index (χ3v) is 14.9. The van der Waals surface area contributed by atoms with Gasteiger partial charge in [-0.25, -0.2) is 0 Å². The summed E-state index contributed by atoms with van der Waals surface area (Å²) >= 11 is 0. The number of nitrogens with zero attached hydrogens (tertiary/aromatic N) is 4. The molecule has 0 saturated heterocycles. The van der Waals surface area contributed by atoms with Crippen LogP contribution in [-0.4, -0.2) is 52.6 Å². The fourth-order valence-corrected chi connectivity index (χ4v) is 10.2. The van der Waals surface area contributed by atoms with Crippen LogP contribution in [0.5, 0.6) is 0 Å². The van der Waals surface area contributed by atoms with Crippen LogP contribution < -0.4 is 0 Å². The summed E-state index contributed by atoms with van der Waals surface area (Å²) in [4.78, 5) is 49.1. The number of pyridine rings is 4. The molecule has 0 saturated carbocycles. The Morgan fingerprint density at radius 3 is 1.18 bits per heavy atom. The van der Waals surface area contributed by atoms with Crippen LogP contribution in [0.1, 0.15) is 124 Å². The second-order valence-corrected chi connectivity index (χ2v) is 26.4. The number of ketones is 3. The molecule has 0 aliphatic carbocycles. The quantitative estimate of drug-likeness (QED) is 0.0511. The summed E-state index contributed by atoms with van der Waals surface area (Å²) < 4.78 is 0. The van der Waals surface area contributed by atoms with Crippen molar-refractivity contribution < 1.29 is 110 Å². The largest absolute Gasteiger partial charge is 0.512 e. The van der Waals surface area contributed by atoms with E-state index in [0.717, 1.165) is 51.5 Å². The van der Waals surface area contributed by atoms with Crippen molar-refractivity contribution in [1.82, 2.24) is 19.9 Å². The standard InChI is InChI=1S/2C19H16N.C18H14N.C15H16N.C11H20O2.2C5H8O2.4Ir/c1-14-10-15(2)12-18(11-14)17-8-9-20-19(13-17)16-6-4-3-5-7-16;1-2-15-13-19(17-11-7-4-8-12-17)20-14-18(15)16-9-5-3-6-10-16;1-14-7-9-15(10-8-14)17-11-12-19-18(13-17)16-5-3-2-4-6-16;1-15(2,3)13-9-10-16-14(11-13)12-7-5-4-6-8-12;1-8(2)5-10(12)7-11(13)6-9(3)4;2*1-4(6)3-5(2)7;;;;/h3-6,8-13H,1-2H3;3-11,13-14H,2H2,1H3;2-5,7-13H,1H3;4-7,9-11H,1-3H3;7-9,12H,5-6H2,1-4H3;2*3,6H,1-2H3;;;;/q4*-1;;;;;;;. The van der Waals surface area contributed by atoms with Gasteiger partial charge in [0.25, 0.3) is 0 Å². The van der Waals surface area contributed by atoms with E-state index in [2.05, 4.69) is 196 Å². The van der Waals surface area contributed by atoms with E-state index in [4.69, 9.17) is 10.2 Å². The predicted octanol–water partition coefficient (Wildman–Crippen LogP) is 23.1. The maximum Gasteiger partial charge on any atom is 0.159 e. The van der Waals surface area contributed by atoms with Crippen molar-refractivity contribution in [3.63, 3.8) is 0 Å². The summed E-state index contributed by atoms with van der Waals surface area (Å²) in [5.41, 5.74) is 21.9. The Labute approximate surface area is 685 Å². The van der Waals surface area contributed by atoms with E-state index in [1.54, 1.807) is 0 Å². The fourth-order valence-electron chi connectivity index (χ4n) is 10.2. The minimum Gasteiger partial charge on any atom is -0.512 e. The van der Waals surface area contributed by atoms with Crippen molar-refractivity contribution in [1.29, 1.82) is 0 Å². The average molecular weight is 2120 g/mol. The van der Waals surface area contributed by atoms with Crippen molar-refractivity contribution in [3.8, 4) is 78.4 Å².